The van der Waals surface area contributed by atoms with Gasteiger partial charge in [-0.15, -0.1) is 0 Å². The second-order valence-corrected chi connectivity index (χ2v) is 5.98. The highest BCUT2D eigenvalue weighted by molar-refractivity contribution is 8.00. The van der Waals surface area contributed by atoms with Crippen LogP contribution in [-0.4, -0.2) is 33.6 Å². The predicted octanol–water partition coefficient (Wildman–Crippen LogP) is 2.32. The van der Waals surface area contributed by atoms with Crippen LogP contribution in [0.4, 0.5) is 0 Å². The zero-order chi connectivity index (χ0) is 12.1. The summed E-state index contributed by atoms with van der Waals surface area (Å²) in [5.74, 6) is 2.54. The molecule has 1 aliphatic rings. The van der Waals surface area contributed by atoms with Gasteiger partial charge in [0.1, 0.15) is 5.82 Å². The van der Waals surface area contributed by atoms with Crippen LogP contribution in [-0.2, 0) is 13.0 Å². The van der Waals surface area contributed by atoms with E-state index in [1.54, 1.807) is 0 Å². The summed E-state index contributed by atoms with van der Waals surface area (Å²) < 4.78 is 2.25. The number of imidazole rings is 1. The van der Waals surface area contributed by atoms with E-state index >= 15 is 0 Å². The highest BCUT2D eigenvalue weighted by atomic mass is 32.2. The molecule has 0 radical (unpaired) electrons. The number of likely N-dealkylation sites (N-methyl/N-ethyl adjacent to an activating group) is 1. The molecule has 3 nitrogen and oxygen atoms in total. The average Bonchev–Trinajstić information content (AvgIpc) is 2.84. The molecule has 0 spiro atoms. The van der Waals surface area contributed by atoms with Gasteiger partial charge in [0.2, 0.25) is 0 Å². The molecule has 0 bridgehead atoms. The number of aryl methyl sites for hydroxylation is 1. The predicted molar refractivity (Wildman–Crippen MR) is 74.5 cm³/mol. The standard InChI is InChI=1S/C13H23N3S/c1-3-16-8-7-15-13(16)10-11(14-2)12-6-4-5-9-17-12/h7-8,11-12,14H,3-6,9-10H2,1-2H3. The fourth-order valence-corrected chi connectivity index (χ4v) is 3.99. The van der Waals surface area contributed by atoms with Crippen LogP contribution in [0.5, 0.6) is 0 Å². The van der Waals surface area contributed by atoms with Gasteiger partial charge < -0.3 is 9.88 Å². The number of aromatic nitrogens is 2. The van der Waals surface area contributed by atoms with Crippen molar-refractivity contribution in [2.24, 2.45) is 0 Å². The molecule has 0 aliphatic carbocycles. The minimum absolute atomic E-state index is 0.563. The number of nitrogens with one attached hydrogen (secondary N) is 1. The summed E-state index contributed by atoms with van der Waals surface area (Å²) in [5, 5.41) is 4.25. The van der Waals surface area contributed by atoms with Gasteiger partial charge in [0.05, 0.1) is 0 Å². The first kappa shape index (κ1) is 13.0. The Morgan fingerprint density at radius 2 is 2.47 bits per heavy atom. The zero-order valence-electron chi connectivity index (χ0n) is 10.9. The summed E-state index contributed by atoms with van der Waals surface area (Å²) in [6, 6.07) is 0.563. The number of thioether (sulfide) groups is 1. The maximum absolute atomic E-state index is 4.48. The van der Waals surface area contributed by atoms with Crippen molar-refractivity contribution in [3.05, 3.63) is 18.2 Å². The molecule has 2 atom stereocenters. The quantitative estimate of drug-likeness (QED) is 0.873. The molecular weight excluding hydrogens is 230 g/mol. The minimum Gasteiger partial charge on any atom is -0.335 e. The SMILES string of the molecule is CCn1ccnc1CC(NC)C1CCCCS1. The molecule has 17 heavy (non-hydrogen) atoms. The van der Waals surface area contributed by atoms with Crippen molar-refractivity contribution in [3.63, 3.8) is 0 Å². The molecule has 1 aromatic rings. The van der Waals surface area contributed by atoms with Gasteiger partial charge in [-0.25, -0.2) is 4.98 Å². The smallest absolute Gasteiger partial charge is 0.110 e. The number of nitrogens with zero attached hydrogens (tertiary/aromatic N) is 2. The normalized spacial score (nSPS) is 22.6. The third kappa shape index (κ3) is 3.26. The molecule has 0 aromatic carbocycles. The fourth-order valence-electron chi connectivity index (χ4n) is 2.52. The monoisotopic (exact) mass is 253 g/mol. The zero-order valence-corrected chi connectivity index (χ0v) is 11.7. The maximum Gasteiger partial charge on any atom is 0.110 e. The van der Waals surface area contributed by atoms with Crippen molar-refractivity contribution in [1.82, 2.24) is 14.9 Å². The summed E-state index contributed by atoms with van der Waals surface area (Å²) >= 11 is 2.13. The molecule has 96 valence electrons. The summed E-state index contributed by atoms with van der Waals surface area (Å²) in [5.41, 5.74) is 0. The summed E-state index contributed by atoms with van der Waals surface area (Å²) in [4.78, 5) is 4.48. The first-order valence-corrected chi connectivity index (χ1v) is 7.69. The van der Waals surface area contributed by atoms with Gasteiger partial charge in [0.25, 0.3) is 0 Å². The Morgan fingerprint density at radius 1 is 1.59 bits per heavy atom. The molecule has 2 heterocycles. The minimum atomic E-state index is 0.563. The molecule has 1 N–H and O–H groups in total. The number of hydrogen-bond acceptors (Lipinski definition) is 3. The van der Waals surface area contributed by atoms with E-state index in [0.29, 0.717) is 6.04 Å². The van der Waals surface area contributed by atoms with Crippen molar-refractivity contribution in [2.45, 2.75) is 50.4 Å². The number of hydrogen-bond donors (Lipinski definition) is 1. The molecule has 1 saturated heterocycles. The van der Waals surface area contributed by atoms with E-state index in [9.17, 15) is 0 Å². The van der Waals surface area contributed by atoms with Gasteiger partial charge in [0.15, 0.2) is 0 Å². The Morgan fingerprint density at radius 3 is 3.12 bits per heavy atom. The van der Waals surface area contributed by atoms with E-state index in [4.69, 9.17) is 0 Å². The Bertz CT molecular complexity index is 331. The number of rotatable bonds is 5. The van der Waals surface area contributed by atoms with E-state index in [2.05, 4.69) is 46.8 Å². The largest absolute Gasteiger partial charge is 0.335 e. The van der Waals surface area contributed by atoms with E-state index < -0.39 is 0 Å². The molecule has 2 unspecified atom stereocenters. The topological polar surface area (TPSA) is 29.9 Å². The van der Waals surface area contributed by atoms with Crippen LogP contribution >= 0.6 is 11.8 Å². The van der Waals surface area contributed by atoms with Crippen molar-refractivity contribution >= 4 is 11.8 Å². The van der Waals surface area contributed by atoms with Crippen molar-refractivity contribution in [2.75, 3.05) is 12.8 Å². The third-order valence-corrected chi connectivity index (χ3v) is 5.10. The lowest BCUT2D eigenvalue weighted by Gasteiger charge is -2.29. The van der Waals surface area contributed by atoms with Crippen molar-refractivity contribution in [1.29, 1.82) is 0 Å². The van der Waals surface area contributed by atoms with E-state index in [1.807, 2.05) is 6.20 Å². The molecular formula is C13H23N3S. The molecule has 1 aliphatic heterocycles. The molecule has 1 aromatic heterocycles. The highest BCUT2D eigenvalue weighted by Gasteiger charge is 2.24. The molecule has 0 amide bonds. The lowest BCUT2D eigenvalue weighted by Crippen LogP contribution is -2.39. The van der Waals surface area contributed by atoms with Crippen LogP contribution in [0.15, 0.2) is 12.4 Å². The van der Waals surface area contributed by atoms with Crippen LogP contribution in [0.1, 0.15) is 32.0 Å². The third-order valence-electron chi connectivity index (χ3n) is 3.58. The first-order chi connectivity index (χ1) is 8.35. The van der Waals surface area contributed by atoms with Gasteiger partial charge in [-0.3, -0.25) is 0 Å². The lowest BCUT2D eigenvalue weighted by atomic mass is 10.0. The van der Waals surface area contributed by atoms with Crippen LogP contribution in [0.25, 0.3) is 0 Å². The van der Waals surface area contributed by atoms with E-state index in [1.165, 1.54) is 30.8 Å². The fraction of sp³-hybridized carbons (Fsp3) is 0.769. The molecule has 1 fully saturated rings. The average molecular weight is 253 g/mol. The summed E-state index contributed by atoms with van der Waals surface area (Å²) in [7, 11) is 2.08. The van der Waals surface area contributed by atoms with E-state index in [-0.39, 0.29) is 0 Å². The van der Waals surface area contributed by atoms with E-state index in [0.717, 1.165) is 18.2 Å². The van der Waals surface area contributed by atoms with Crippen LogP contribution in [0, 0.1) is 0 Å². The van der Waals surface area contributed by atoms with Crippen LogP contribution < -0.4 is 5.32 Å². The van der Waals surface area contributed by atoms with Gasteiger partial charge in [0, 0.05) is 36.7 Å². The summed E-state index contributed by atoms with van der Waals surface area (Å²) in [6.45, 7) is 3.19. The van der Waals surface area contributed by atoms with Crippen LogP contribution in [0.2, 0.25) is 0 Å². The van der Waals surface area contributed by atoms with Gasteiger partial charge in [-0.2, -0.15) is 11.8 Å². The Kier molecular flexibility index (Phi) is 4.92. The lowest BCUT2D eigenvalue weighted by molar-refractivity contribution is 0.478. The van der Waals surface area contributed by atoms with Gasteiger partial charge in [-0.05, 0) is 32.6 Å². The van der Waals surface area contributed by atoms with Crippen molar-refractivity contribution in [3.8, 4) is 0 Å². The highest BCUT2D eigenvalue weighted by Crippen LogP contribution is 2.28. The molecule has 4 heteroatoms. The Hall–Kier alpha value is -0.480. The molecule has 0 saturated carbocycles. The van der Waals surface area contributed by atoms with Gasteiger partial charge in [-0.1, -0.05) is 6.42 Å². The second kappa shape index (κ2) is 6.45. The van der Waals surface area contributed by atoms with Gasteiger partial charge >= 0.3 is 0 Å². The van der Waals surface area contributed by atoms with Crippen LogP contribution in [0.3, 0.4) is 0 Å². The second-order valence-electron chi connectivity index (χ2n) is 4.63. The first-order valence-electron chi connectivity index (χ1n) is 6.64. The summed E-state index contributed by atoms with van der Waals surface area (Å²) in [6.07, 6.45) is 9.17. The van der Waals surface area contributed by atoms with Crippen molar-refractivity contribution < 1.29 is 0 Å². The Labute approximate surface area is 108 Å². The molecule has 2 rings (SSSR count). The Balaban J connectivity index is 1.98. The maximum atomic E-state index is 4.48.